The van der Waals surface area contributed by atoms with Gasteiger partial charge in [-0.2, -0.15) is 0 Å². The second-order valence-electron chi connectivity index (χ2n) is 4.23. The van der Waals surface area contributed by atoms with Gasteiger partial charge in [-0.15, -0.1) is 15.2 Å². The number of aromatic amines is 1. The van der Waals surface area contributed by atoms with E-state index in [9.17, 15) is 4.79 Å². The Kier molecular flexibility index (Phi) is 6.66. The number of nitrogens with one attached hydrogen (secondary N) is 1. The number of rotatable bonds is 3. The van der Waals surface area contributed by atoms with Crippen molar-refractivity contribution in [2.24, 2.45) is 0 Å². The molecule has 1 aromatic heterocycles. The summed E-state index contributed by atoms with van der Waals surface area (Å²) < 4.78 is 39.7. The molecule has 2 aromatic rings. The lowest BCUT2D eigenvalue weighted by atomic mass is 10.1. The minimum atomic E-state index is -4.94. The van der Waals surface area contributed by atoms with E-state index < -0.39 is 10.2 Å². The molecule has 8 heteroatoms. The van der Waals surface area contributed by atoms with Gasteiger partial charge < -0.3 is 4.42 Å². The van der Waals surface area contributed by atoms with Gasteiger partial charge >= 0.3 is 11.4 Å². The predicted molar refractivity (Wildman–Crippen MR) is 65.7 cm³/mol. The molecule has 1 aromatic carbocycles. The van der Waals surface area contributed by atoms with Gasteiger partial charge in [0.15, 0.2) is 0 Å². The molecule has 0 atom stereocenters. The molecule has 0 aliphatic rings. The first kappa shape index (κ1) is 18.3. The first-order valence-electron chi connectivity index (χ1n) is 6.51. The third-order valence-corrected chi connectivity index (χ3v) is 2.71. The van der Waals surface area contributed by atoms with Gasteiger partial charge in [0.25, 0.3) is 0 Å². The number of aryl methyl sites for hydroxylation is 2. The molecule has 1 heterocycles. The fourth-order valence-corrected chi connectivity index (χ4v) is 1.85. The number of halogens is 1. The first-order chi connectivity index (χ1) is 10.3. The number of hydrogen-bond donors (Lipinski definition) is 0. The Hall–Kier alpha value is -1.77. The van der Waals surface area contributed by atoms with Crippen molar-refractivity contribution >= 4 is 0 Å². The highest BCUT2D eigenvalue weighted by molar-refractivity contribution is 5.63. The van der Waals surface area contributed by atoms with E-state index in [1.165, 1.54) is 0 Å². The molecule has 0 radical (unpaired) electrons. The second kappa shape index (κ2) is 8.02. The molecule has 0 saturated heterocycles. The topological polar surface area (TPSA) is 137 Å². The van der Waals surface area contributed by atoms with Crippen LogP contribution in [-0.4, -0.2) is 0 Å². The predicted octanol–water partition coefficient (Wildman–Crippen LogP) is -2.51. The fourth-order valence-electron chi connectivity index (χ4n) is 1.85. The van der Waals surface area contributed by atoms with Crippen molar-refractivity contribution in [1.29, 1.82) is 0 Å². The summed E-state index contributed by atoms with van der Waals surface area (Å²) in [7, 11) is -4.94. The van der Waals surface area contributed by atoms with E-state index in [1.807, 2.05) is 44.2 Å². The van der Waals surface area contributed by atoms with Gasteiger partial charge in [0.05, 0.1) is 6.42 Å². The Balaban J connectivity index is 0.000000422. The summed E-state index contributed by atoms with van der Waals surface area (Å²) in [6.07, 6.45) is 1.40. The summed E-state index contributed by atoms with van der Waals surface area (Å²) in [6, 6.07) is 9.61. The van der Waals surface area contributed by atoms with Crippen molar-refractivity contribution in [3.8, 4) is 11.1 Å². The van der Waals surface area contributed by atoms with Crippen molar-refractivity contribution in [2.45, 2.75) is 26.7 Å². The van der Waals surface area contributed by atoms with Gasteiger partial charge in [-0.25, -0.2) is 23.4 Å². The van der Waals surface area contributed by atoms with Crippen molar-refractivity contribution < 1.29 is 38.3 Å². The maximum absolute atomic E-state index is 12.1. The lowest BCUT2D eigenvalue weighted by Crippen LogP contribution is -2.68. The lowest BCUT2D eigenvalue weighted by Gasteiger charge is -2.17. The van der Waals surface area contributed by atoms with E-state index in [0.29, 0.717) is 24.3 Å². The van der Waals surface area contributed by atoms with Gasteiger partial charge in [-0.1, -0.05) is 44.2 Å². The molecule has 2 rings (SSSR count). The highest BCUT2D eigenvalue weighted by atomic mass is 35.7. The highest BCUT2D eigenvalue weighted by Gasteiger charge is 2.18. The third-order valence-electron chi connectivity index (χ3n) is 2.71. The summed E-state index contributed by atoms with van der Waals surface area (Å²) >= 11 is 0. The molecule has 7 nitrogen and oxygen atoms in total. The lowest BCUT2D eigenvalue weighted by molar-refractivity contribution is -2.00. The maximum atomic E-state index is 12.1. The second-order valence-corrected chi connectivity index (χ2v) is 4.98. The van der Waals surface area contributed by atoms with Gasteiger partial charge in [-0.05, 0) is 5.56 Å². The maximum Gasteiger partial charge on any atom is 0.424 e. The van der Waals surface area contributed by atoms with Crippen LogP contribution in [0, 0.1) is 10.2 Å². The normalized spacial score (nSPS) is 10.8. The van der Waals surface area contributed by atoms with Crippen LogP contribution in [0.4, 0.5) is 0 Å². The summed E-state index contributed by atoms with van der Waals surface area (Å²) in [4.78, 5) is 14.8. The summed E-state index contributed by atoms with van der Waals surface area (Å²) in [5.41, 5.74) is 1.47. The fraction of sp³-hybridized carbons (Fsp3) is 0.286. The summed E-state index contributed by atoms with van der Waals surface area (Å²) in [6.45, 7) is 3.94. The molecule has 0 amide bonds. The zero-order valence-electron chi connectivity index (χ0n) is 12.1. The van der Waals surface area contributed by atoms with Gasteiger partial charge in [0, 0.05) is 6.42 Å². The molecular formula is C14H16ClNO6. The largest absolute Gasteiger partial charge is 0.424 e. The molecule has 0 spiro atoms. The van der Waals surface area contributed by atoms with Crippen molar-refractivity contribution in [1.82, 2.24) is 0 Å². The number of benzene rings is 1. The first-order valence-corrected chi connectivity index (χ1v) is 7.75. The van der Waals surface area contributed by atoms with Crippen LogP contribution >= 0.6 is 0 Å². The van der Waals surface area contributed by atoms with Crippen molar-refractivity contribution in [3.05, 3.63) is 52.3 Å². The minimum Gasteiger partial charge on any atom is -0.412 e. The SMILES string of the molecule is CCc1[nH+]c(=O)c(-c2ccccc2)c(CC)o1.[O-][Cl+3]([O-])([O-])[O-]. The molecule has 120 valence electrons. The molecule has 0 bridgehead atoms. The molecule has 1 N–H and O–H groups in total. The average molecular weight is 330 g/mol. The number of aromatic nitrogens is 1. The minimum absolute atomic E-state index is 0.0730. The Labute approximate surface area is 129 Å². The van der Waals surface area contributed by atoms with E-state index in [1.54, 1.807) is 0 Å². The quantitative estimate of drug-likeness (QED) is 0.610. The van der Waals surface area contributed by atoms with Gasteiger partial charge in [-0.3, -0.25) is 0 Å². The van der Waals surface area contributed by atoms with Crippen LogP contribution in [0.1, 0.15) is 25.5 Å². The van der Waals surface area contributed by atoms with E-state index in [-0.39, 0.29) is 5.56 Å². The Morgan fingerprint density at radius 3 is 2.05 bits per heavy atom. The Morgan fingerprint density at radius 2 is 1.59 bits per heavy atom. The van der Waals surface area contributed by atoms with E-state index in [2.05, 4.69) is 4.98 Å². The van der Waals surface area contributed by atoms with E-state index >= 15 is 0 Å². The molecule has 22 heavy (non-hydrogen) atoms. The Morgan fingerprint density at radius 1 is 1.05 bits per heavy atom. The van der Waals surface area contributed by atoms with Crippen molar-refractivity contribution in [2.75, 3.05) is 0 Å². The van der Waals surface area contributed by atoms with Crippen LogP contribution in [0.3, 0.4) is 0 Å². The molecule has 0 saturated carbocycles. The van der Waals surface area contributed by atoms with Crippen LogP contribution in [0.25, 0.3) is 11.1 Å². The number of H-pyrrole nitrogens is 1. The molecule has 0 aliphatic carbocycles. The zero-order chi connectivity index (χ0) is 16.8. The monoisotopic (exact) mass is 329 g/mol. The molecule has 0 aliphatic heterocycles. The smallest absolute Gasteiger partial charge is 0.412 e. The molecule has 0 fully saturated rings. The average Bonchev–Trinajstić information content (AvgIpc) is 2.45. The van der Waals surface area contributed by atoms with Gasteiger partial charge in [0.1, 0.15) is 11.3 Å². The number of hydrogen-bond acceptors (Lipinski definition) is 6. The highest BCUT2D eigenvalue weighted by Crippen LogP contribution is 2.19. The summed E-state index contributed by atoms with van der Waals surface area (Å²) in [5, 5.41) is 0. The van der Waals surface area contributed by atoms with Crippen LogP contribution in [0.2, 0.25) is 0 Å². The van der Waals surface area contributed by atoms with Crippen LogP contribution < -0.4 is 29.2 Å². The zero-order valence-corrected chi connectivity index (χ0v) is 12.9. The third kappa shape index (κ3) is 5.92. The standard InChI is InChI=1S/C14H15NO2.ClHO4/c1-3-11-13(10-8-6-5-7-9-10)14(16)15-12(4-2)17-11;2-1(3,4)5/h5-9H,3-4H2,1-2H3;(H,2,3,4,5). The van der Waals surface area contributed by atoms with Crippen LogP contribution in [0.15, 0.2) is 39.5 Å². The van der Waals surface area contributed by atoms with Gasteiger partial charge in [0.2, 0.25) is 0 Å². The molecular weight excluding hydrogens is 314 g/mol. The molecule has 0 unspecified atom stereocenters. The van der Waals surface area contributed by atoms with Crippen LogP contribution in [0.5, 0.6) is 0 Å². The summed E-state index contributed by atoms with van der Waals surface area (Å²) in [5.74, 6) is 1.38. The van der Waals surface area contributed by atoms with E-state index in [4.69, 9.17) is 23.1 Å². The Bertz CT molecular complexity index is 645. The van der Waals surface area contributed by atoms with Crippen molar-refractivity contribution in [3.63, 3.8) is 0 Å². The van der Waals surface area contributed by atoms with Crippen LogP contribution in [-0.2, 0) is 12.8 Å². The van der Waals surface area contributed by atoms with E-state index in [0.717, 1.165) is 11.3 Å².